The molecule has 0 saturated carbocycles. The number of hydrogen-bond donors (Lipinski definition) is 2. The van der Waals surface area contributed by atoms with Gasteiger partial charge in [0.25, 0.3) is 0 Å². The molecule has 0 amide bonds. The summed E-state index contributed by atoms with van der Waals surface area (Å²) in [6.07, 6.45) is 0.294. The van der Waals surface area contributed by atoms with Crippen molar-refractivity contribution in [3.05, 3.63) is 18.2 Å². The topological polar surface area (TPSA) is 122 Å². The van der Waals surface area contributed by atoms with Crippen LogP contribution in [0, 0.1) is 11.3 Å². The fourth-order valence-corrected chi connectivity index (χ4v) is 2.47. The van der Waals surface area contributed by atoms with Crippen molar-refractivity contribution in [3.8, 4) is 6.07 Å². The Hall–Kier alpha value is -1.82. The number of nitriles is 1. The lowest BCUT2D eigenvalue weighted by molar-refractivity contribution is 0.205. The first-order valence-electron chi connectivity index (χ1n) is 5.94. The van der Waals surface area contributed by atoms with Crippen LogP contribution in [0.3, 0.4) is 0 Å². The van der Waals surface area contributed by atoms with Gasteiger partial charge in [0.2, 0.25) is 10.0 Å². The van der Waals surface area contributed by atoms with Gasteiger partial charge < -0.3 is 15.4 Å². The maximum Gasteiger partial charge on any atom is 0.240 e. The van der Waals surface area contributed by atoms with E-state index in [0.29, 0.717) is 31.8 Å². The molecule has 0 spiro atoms. The molecule has 0 atom stereocenters. The standard InChI is InChI=1S/C12H18N4O3S/c1-19-9-8-16(7-3-6-13)10-4-2-5-11(12(10)14)20(15,17)18/h2,4-5H,3,7-9,14H2,1H3,(H2,15,17,18). The van der Waals surface area contributed by atoms with E-state index >= 15 is 0 Å². The van der Waals surface area contributed by atoms with Crippen molar-refractivity contribution in [1.29, 1.82) is 5.26 Å². The lowest BCUT2D eigenvalue weighted by Gasteiger charge is -2.25. The van der Waals surface area contributed by atoms with Crippen LogP contribution in [-0.4, -0.2) is 35.2 Å². The SMILES string of the molecule is COCCN(CCC#N)c1cccc(S(N)(=O)=O)c1N. The number of anilines is 2. The van der Waals surface area contributed by atoms with Crippen LogP contribution < -0.4 is 15.8 Å². The molecule has 0 aliphatic rings. The Labute approximate surface area is 118 Å². The molecule has 4 N–H and O–H groups in total. The van der Waals surface area contributed by atoms with Gasteiger partial charge in [-0.2, -0.15) is 5.26 Å². The first-order valence-corrected chi connectivity index (χ1v) is 7.48. The second-order valence-electron chi connectivity index (χ2n) is 4.12. The van der Waals surface area contributed by atoms with E-state index in [4.69, 9.17) is 20.9 Å². The zero-order chi connectivity index (χ0) is 15.2. The van der Waals surface area contributed by atoms with E-state index in [1.807, 2.05) is 6.07 Å². The van der Waals surface area contributed by atoms with E-state index in [1.54, 1.807) is 24.1 Å². The molecular weight excluding hydrogens is 280 g/mol. The molecule has 0 radical (unpaired) electrons. The van der Waals surface area contributed by atoms with Crippen molar-refractivity contribution in [1.82, 2.24) is 0 Å². The van der Waals surface area contributed by atoms with Gasteiger partial charge in [-0.15, -0.1) is 0 Å². The Morgan fingerprint density at radius 2 is 2.10 bits per heavy atom. The Morgan fingerprint density at radius 1 is 1.40 bits per heavy atom. The van der Waals surface area contributed by atoms with Crippen molar-refractivity contribution in [2.45, 2.75) is 11.3 Å². The van der Waals surface area contributed by atoms with Gasteiger partial charge in [0.15, 0.2) is 0 Å². The van der Waals surface area contributed by atoms with Crippen molar-refractivity contribution in [2.24, 2.45) is 5.14 Å². The summed E-state index contributed by atoms with van der Waals surface area (Å²) in [5.74, 6) is 0. The summed E-state index contributed by atoms with van der Waals surface area (Å²) in [6.45, 7) is 1.36. The van der Waals surface area contributed by atoms with Crippen molar-refractivity contribution in [3.63, 3.8) is 0 Å². The molecule has 8 heteroatoms. The molecule has 0 aromatic heterocycles. The summed E-state index contributed by atoms with van der Waals surface area (Å²) in [7, 11) is -2.32. The monoisotopic (exact) mass is 298 g/mol. The molecule has 0 saturated heterocycles. The van der Waals surface area contributed by atoms with E-state index in [9.17, 15) is 8.42 Å². The van der Waals surface area contributed by atoms with Crippen LogP contribution in [0.25, 0.3) is 0 Å². The van der Waals surface area contributed by atoms with Gasteiger partial charge in [0, 0.05) is 20.2 Å². The number of sulfonamides is 1. The molecule has 0 unspecified atom stereocenters. The second kappa shape index (κ2) is 7.09. The van der Waals surface area contributed by atoms with Gasteiger partial charge in [0.1, 0.15) is 4.90 Å². The Kier molecular flexibility index (Phi) is 5.76. The maximum absolute atomic E-state index is 11.5. The summed E-state index contributed by atoms with van der Waals surface area (Å²) >= 11 is 0. The maximum atomic E-state index is 11.5. The smallest absolute Gasteiger partial charge is 0.240 e. The first kappa shape index (κ1) is 16.2. The second-order valence-corrected chi connectivity index (χ2v) is 5.65. The van der Waals surface area contributed by atoms with Crippen LogP contribution in [0.5, 0.6) is 0 Å². The summed E-state index contributed by atoms with van der Waals surface area (Å²) < 4.78 is 27.9. The number of benzene rings is 1. The number of para-hydroxylation sites is 1. The van der Waals surface area contributed by atoms with Crippen LogP contribution >= 0.6 is 0 Å². The normalized spacial score (nSPS) is 11.1. The fourth-order valence-electron chi connectivity index (χ4n) is 1.80. The van der Waals surface area contributed by atoms with Crippen LogP contribution in [0.2, 0.25) is 0 Å². The molecule has 0 heterocycles. The third-order valence-electron chi connectivity index (χ3n) is 2.75. The number of hydrogen-bond acceptors (Lipinski definition) is 6. The predicted molar refractivity (Wildman–Crippen MR) is 76.5 cm³/mol. The van der Waals surface area contributed by atoms with Gasteiger partial charge in [0.05, 0.1) is 30.5 Å². The van der Waals surface area contributed by atoms with Crippen LogP contribution in [-0.2, 0) is 14.8 Å². The molecule has 1 aromatic carbocycles. The molecule has 0 fully saturated rings. The zero-order valence-corrected chi connectivity index (χ0v) is 12.1. The van der Waals surface area contributed by atoms with Crippen molar-refractivity contribution >= 4 is 21.4 Å². The number of primary sulfonamides is 1. The lowest BCUT2D eigenvalue weighted by atomic mass is 10.2. The lowest BCUT2D eigenvalue weighted by Crippen LogP contribution is -2.29. The van der Waals surface area contributed by atoms with Crippen LogP contribution in [0.1, 0.15) is 6.42 Å². The van der Waals surface area contributed by atoms with Crippen molar-refractivity contribution < 1.29 is 13.2 Å². The average molecular weight is 298 g/mol. The van der Waals surface area contributed by atoms with Gasteiger partial charge >= 0.3 is 0 Å². The minimum Gasteiger partial charge on any atom is -0.396 e. The number of nitrogens with two attached hydrogens (primary N) is 2. The zero-order valence-electron chi connectivity index (χ0n) is 11.2. The highest BCUT2D eigenvalue weighted by atomic mass is 32.2. The molecule has 20 heavy (non-hydrogen) atoms. The molecule has 1 aromatic rings. The highest BCUT2D eigenvalue weighted by Crippen LogP contribution is 2.29. The van der Waals surface area contributed by atoms with Gasteiger partial charge in [-0.05, 0) is 12.1 Å². The largest absolute Gasteiger partial charge is 0.396 e. The number of rotatable bonds is 7. The Balaban J connectivity index is 3.16. The molecular formula is C12H18N4O3S. The van der Waals surface area contributed by atoms with E-state index in [-0.39, 0.29) is 10.6 Å². The van der Waals surface area contributed by atoms with Crippen molar-refractivity contribution in [2.75, 3.05) is 37.4 Å². The summed E-state index contributed by atoms with van der Waals surface area (Å²) in [5, 5.41) is 13.8. The molecule has 0 bridgehead atoms. The first-order chi connectivity index (χ1) is 9.41. The van der Waals surface area contributed by atoms with E-state index in [2.05, 4.69) is 0 Å². The fraction of sp³-hybridized carbons (Fsp3) is 0.417. The number of methoxy groups -OCH3 is 1. The molecule has 110 valence electrons. The van der Waals surface area contributed by atoms with E-state index in [1.165, 1.54) is 6.07 Å². The van der Waals surface area contributed by atoms with Gasteiger partial charge in [-0.1, -0.05) is 6.07 Å². The highest BCUT2D eigenvalue weighted by molar-refractivity contribution is 7.89. The Morgan fingerprint density at radius 3 is 2.65 bits per heavy atom. The number of ether oxygens (including phenoxy) is 1. The highest BCUT2D eigenvalue weighted by Gasteiger charge is 2.18. The quantitative estimate of drug-likeness (QED) is 0.697. The molecule has 0 aliphatic heterocycles. The number of nitrogens with zero attached hydrogens (tertiary/aromatic N) is 2. The predicted octanol–water partition coefficient (Wildman–Crippen LogP) is 0.283. The van der Waals surface area contributed by atoms with E-state index in [0.717, 1.165) is 0 Å². The van der Waals surface area contributed by atoms with E-state index < -0.39 is 10.0 Å². The Bertz CT molecular complexity index is 595. The number of nitrogen functional groups attached to an aromatic ring is 1. The van der Waals surface area contributed by atoms with Gasteiger partial charge in [-0.25, -0.2) is 13.6 Å². The van der Waals surface area contributed by atoms with Crippen LogP contribution in [0.15, 0.2) is 23.1 Å². The van der Waals surface area contributed by atoms with Crippen LogP contribution in [0.4, 0.5) is 11.4 Å². The molecule has 0 aliphatic carbocycles. The summed E-state index contributed by atoms with van der Waals surface area (Å²) in [4.78, 5) is 1.69. The molecule has 7 nitrogen and oxygen atoms in total. The summed E-state index contributed by atoms with van der Waals surface area (Å²) in [6, 6.07) is 6.66. The minimum absolute atomic E-state index is 0.0871. The third kappa shape index (κ3) is 4.09. The summed E-state index contributed by atoms with van der Waals surface area (Å²) in [5.41, 5.74) is 6.51. The molecule has 1 rings (SSSR count). The van der Waals surface area contributed by atoms with Gasteiger partial charge in [-0.3, -0.25) is 0 Å². The minimum atomic E-state index is -3.88. The average Bonchev–Trinajstić information content (AvgIpc) is 2.38. The third-order valence-corrected chi connectivity index (χ3v) is 3.72.